The molecule has 2 unspecified atom stereocenters. The highest BCUT2D eigenvalue weighted by molar-refractivity contribution is 5.94. The highest BCUT2D eigenvalue weighted by atomic mass is 16.5. The maximum Gasteiger partial charge on any atom is 0.263 e. The fourth-order valence-corrected chi connectivity index (χ4v) is 3.50. The van der Waals surface area contributed by atoms with Crippen LogP contribution < -0.4 is 26.7 Å². The second kappa shape index (κ2) is 7.56. The van der Waals surface area contributed by atoms with E-state index in [0.717, 1.165) is 6.54 Å². The molecule has 1 fully saturated rings. The highest BCUT2D eigenvalue weighted by Crippen LogP contribution is 2.21. The van der Waals surface area contributed by atoms with Gasteiger partial charge >= 0.3 is 0 Å². The minimum absolute atomic E-state index is 0.0437. The molecule has 2 aromatic rings. The molecule has 1 aromatic carbocycles. The van der Waals surface area contributed by atoms with E-state index in [1.165, 1.54) is 4.57 Å². The van der Waals surface area contributed by atoms with Gasteiger partial charge in [-0.15, -0.1) is 0 Å². The van der Waals surface area contributed by atoms with Crippen molar-refractivity contribution in [1.29, 1.82) is 0 Å². The molecule has 0 saturated carbocycles. The topological polar surface area (TPSA) is 138 Å². The molecule has 28 heavy (non-hydrogen) atoms. The molecule has 1 aromatic heterocycles. The first kappa shape index (κ1) is 18.4. The maximum atomic E-state index is 12.6. The molecule has 3 heterocycles. The van der Waals surface area contributed by atoms with Crippen molar-refractivity contribution in [3.8, 4) is 5.75 Å². The fraction of sp³-hybridized carbons (Fsp3) is 0.444. The zero-order valence-corrected chi connectivity index (χ0v) is 15.1. The number of morpholine rings is 1. The van der Waals surface area contributed by atoms with E-state index in [1.54, 1.807) is 18.2 Å². The average Bonchev–Trinajstić information content (AvgIpc) is 3.06. The summed E-state index contributed by atoms with van der Waals surface area (Å²) >= 11 is 0. The monoisotopic (exact) mass is 387 g/mol. The van der Waals surface area contributed by atoms with Crippen LogP contribution in [0.1, 0.15) is 6.42 Å². The number of ether oxygens (including phenoxy) is 2. The Labute approximate surface area is 160 Å². The van der Waals surface area contributed by atoms with E-state index in [0.29, 0.717) is 36.2 Å². The Balaban J connectivity index is 1.47. The number of carbonyl (C=O) groups excluding carboxylic acids is 2. The number of nitrogens with two attached hydrogens (primary N) is 1. The number of hydrogen-bond donors (Lipinski definition) is 3. The minimum atomic E-state index is -0.457. The lowest BCUT2D eigenvalue weighted by molar-refractivity contribution is -0.128. The van der Waals surface area contributed by atoms with Crippen LogP contribution in [0, 0.1) is 5.92 Å². The fourth-order valence-electron chi connectivity index (χ4n) is 3.50. The Hall–Kier alpha value is -2.98. The van der Waals surface area contributed by atoms with Gasteiger partial charge in [-0.1, -0.05) is 0 Å². The van der Waals surface area contributed by atoms with Gasteiger partial charge in [0.05, 0.1) is 36.1 Å². The standard InChI is InChI=1S/C18H21N5O5/c19-16(25)11(14-8-20-4-6-28-14)3-5-27-10-1-2-13-12(7-10)17(26)23-9-15(24)22-18(23)21-13/h1-2,7,11,14,20H,3-6,8-9H2,(H2,19,25)(H,21,22,24). The summed E-state index contributed by atoms with van der Waals surface area (Å²) in [5.41, 5.74) is 5.69. The maximum absolute atomic E-state index is 12.6. The molecule has 4 rings (SSSR count). The van der Waals surface area contributed by atoms with E-state index in [9.17, 15) is 14.4 Å². The van der Waals surface area contributed by atoms with Crippen molar-refractivity contribution >= 4 is 28.7 Å². The lowest BCUT2D eigenvalue weighted by Gasteiger charge is -2.29. The first-order chi connectivity index (χ1) is 13.5. The lowest BCUT2D eigenvalue weighted by atomic mass is 9.97. The van der Waals surface area contributed by atoms with Crippen LogP contribution >= 0.6 is 0 Å². The Kier molecular flexibility index (Phi) is 4.97. The van der Waals surface area contributed by atoms with Crippen molar-refractivity contribution in [3.05, 3.63) is 28.6 Å². The largest absolute Gasteiger partial charge is 0.494 e. The first-order valence-electron chi connectivity index (χ1n) is 9.12. The SMILES string of the molecule is NC(=O)C(CCOc1ccc2nc3n(c(=O)c2c1)CC(=O)N3)C1CNCCO1. The summed E-state index contributed by atoms with van der Waals surface area (Å²) in [4.78, 5) is 40.1. The number of hydrogen-bond acceptors (Lipinski definition) is 7. The summed E-state index contributed by atoms with van der Waals surface area (Å²) in [5.74, 6) is -0.420. The van der Waals surface area contributed by atoms with Crippen molar-refractivity contribution < 1.29 is 19.1 Å². The zero-order valence-electron chi connectivity index (χ0n) is 15.1. The average molecular weight is 387 g/mol. The first-order valence-corrected chi connectivity index (χ1v) is 9.12. The van der Waals surface area contributed by atoms with Gasteiger partial charge in [0.25, 0.3) is 5.56 Å². The van der Waals surface area contributed by atoms with Crippen LogP contribution in [0.4, 0.5) is 5.95 Å². The molecular weight excluding hydrogens is 366 g/mol. The molecule has 10 nitrogen and oxygen atoms in total. The molecular formula is C18H21N5O5. The number of aromatic nitrogens is 2. The number of anilines is 1. The summed E-state index contributed by atoms with van der Waals surface area (Å²) in [6.45, 7) is 2.07. The predicted octanol–water partition coefficient (Wildman–Crippen LogP) is -0.793. The second-order valence-corrected chi connectivity index (χ2v) is 6.81. The summed E-state index contributed by atoms with van der Waals surface area (Å²) in [6, 6.07) is 4.95. The van der Waals surface area contributed by atoms with Crippen LogP contribution in [0.25, 0.3) is 10.9 Å². The number of carbonyl (C=O) groups is 2. The van der Waals surface area contributed by atoms with Gasteiger partial charge in [0.15, 0.2) is 0 Å². The van der Waals surface area contributed by atoms with Gasteiger partial charge in [-0.2, -0.15) is 0 Å². The number of amides is 2. The van der Waals surface area contributed by atoms with Crippen molar-refractivity contribution in [2.24, 2.45) is 11.7 Å². The number of nitrogens with zero attached hydrogens (tertiary/aromatic N) is 2. The molecule has 148 valence electrons. The molecule has 0 spiro atoms. The Morgan fingerprint density at radius 2 is 2.29 bits per heavy atom. The second-order valence-electron chi connectivity index (χ2n) is 6.81. The lowest BCUT2D eigenvalue weighted by Crippen LogP contribution is -2.47. The summed E-state index contributed by atoms with van der Waals surface area (Å²) < 4.78 is 12.7. The molecule has 2 amide bonds. The van der Waals surface area contributed by atoms with Gasteiger partial charge in [0.2, 0.25) is 17.8 Å². The van der Waals surface area contributed by atoms with E-state index >= 15 is 0 Å². The molecule has 2 aliphatic rings. The molecule has 10 heteroatoms. The third-order valence-corrected chi connectivity index (χ3v) is 4.95. The minimum Gasteiger partial charge on any atom is -0.494 e. The van der Waals surface area contributed by atoms with Crippen LogP contribution in [0.5, 0.6) is 5.75 Å². The quantitative estimate of drug-likeness (QED) is 0.590. The predicted molar refractivity (Wildman–Crippen MR) is 100 cm³/mol. The highest BCUT2D eigenvalue weighted by Gasteiger charge is 2.29. The molecule has 0 radical (unpaired) electrons. The summed E-state index contributed by atoms with van der Waals surface area (Å²) in [7, 11) is 0. The van der Waals surface area contributed by atoms with E-state index in [-0.39, 0.29) is 36.7 Å². The van der Waals surface area contributed by atoms with Gasteiger partial charge in [0.1, 0.15) is 12.3 Å². The molecule has 2 aliphatic heterocycles. The molecule has 0 bridgehead atoms. The van der Waals surface area contributed by atoms with Crippen molar-refractivity contribution in [2.45, 2.75) is 19.1 Å². The molecule has 4 N–H and O–H groups in total. The third kappa shape index (κ3) is 3.56. The normalized spacial score (nSPS) is 19.9. The van der Waals surface area contributed by atoms with Crippen LogP contribution in [0.15, 0.2) is 23.0 Å². The van der Waals surface area contributed by atoms with E-state index in [4.69, 9.17) is 15.2 Å². The molecule has 1 saturated heterocycles. The van der Waals surface area contributed by atoms with Gasteiger partial charge in [0, 0.05) is 13.1 Å². The van der Waals surface area contributed by atoms with Gasteiger partial charge < -0.3 is 20.5 Å². The number of primary amides is 1. The van der Waals surface area contributed by atoms with Gasteiger partial charge in [-0.3, -0.25) is 24.3 Å². The van der Waals surface area contributed by atoms with E-state index in [1.807, 2.05) is 0 Å². The Morgan fingerprint density at radius 1 is 1.43 bits per heavy atom. The van der Waals surface area contributed by atoms with Crippen LogP contribution in [0.3, 0.4) is 0 Å². The molecule has 0 aliphatic carbocycles. The summed E-state index contributed by atoms with van der Waals surface area (Å²) in [6.07, 6.45) is 0.132. The zero-order chi connectivity index (χ0) is 19.7. The Bertz CT molecular complexity index is 982. The van der Waals surface area contributed by atoms with Crippen molar-refractivity contribution in [1.82, 2.24) is 14.9 Å². The number of rotatable bonds is 6. The van der Waals surface area contributed by atoms with Gasteiger partial charge in [-0.05, 0) is 24.6 Å². The number of nitrogens with one attached hydrogen (secondary N) is 2. The van der Waals surface area contributed by atoms with Crippen molar-refractivity contribution in [2.75, 3.05) is 31.6 Å². The van der Waals surface area contributed by atoms with Crippen LogP contribution in [0.2, 0.25) is 0 Å². The summed E-state index contributed by atoms with van der Waals surface area (Å²) in [5, 5.41) is 6.10. The Morgan fingerprint density at radius 3 is 3.04 bits per heavy atom. The van der Waals surface area contributed by atoms with Crippen molar-refractivity contribution in [3.63, 3.8) is 0 Å². The van der Waals surface area contributed by atoms with E-state index < -0.39 is 11.8 Å². The van der Waals surface area contributed by atoms with Crippen LogP contribution in [-0.2, 0) is 20.9 Å². The van der Waals surface area contributed by atoms with Crippen LogP contribution in [-0.4, -0.2) is 53.8 Å². The smallest absolute Gasteiger partial charge is 0.263 e. The molecule has 2 atom stereocenters. The number of benzene rings is 1. The van der Waals surface area contributed by atoms with E-state index in [2.05, 4.69) is 15.6 Å². The third-order valence-electron chi connectivity index (χ3n) is 4.95. The van der Waals surface area contributed by atoms with Gasteiger partial charge in [-0.25, -0.2) is 4.98 Å². The number of fused-ring (bicyclic) bond motifs is 2.